The quantitative estimate of drug-likeness (QED) is 0.362. The van der Waals surface area contributed by atoms with E-state index in [2.05, 4.69) is 92.8 Å². The van der Waals surface area contributed by atoms with Crippen molar-refractivity contribution in [1.82, 2.24) is 0 Å². The van der Waals surface area contributed by atoms with Crippen LogP contribution in [0.25, 0.3) is 0 Å². The van der Waals surface area contributed by atoms with E-state index in [-0.39, 0.29) is 0 Å². The van der Waals surface area contributed by atoms with Crippen molar-refractivity contribution in [3.8, 4) is 0 Å². The summed E-state index contributed by atoms with van der Waals surface area (Å²) < 4.78 is 0. The molecule has 0 heterocycles. The van der Waals surface area contributed by atoms with Gasteiger partial charge in [-0.25, -0.2) is 0 Å². The van der Waals surface area contributed by atoms with Crippen LogP contribution in [-0.2, 0) is 0 Å². The van der Waals surface area contributed by atoms with Crippen LogP contribution in [0.1, 0.15) is 0 Å². The molecule has 0 nitrogen and oxygen atoms in total. The Kier molecular flexibility index (Phi) is 11.1. The lowest BCUT2D eigenvalue weighted by Gasteiger charge is -2.44. The average molecular weight is 262 g/mol. The molecular formula is H24B22. The third-order valence-electron chi connectivity index (χ3n) is 5.95. The van der Waals surface area contributed by atoms with E-state index in [1.807, 2.05) is 0 Å². The maximum absolute atomic E-state index is 2.45. The lowest BCUT2D eigenvalue weighted by atomic mass is 8.36. The van der Waals surface area contributed by atoms with Crippen LogP contribution in [0.3, 0.4) is 0 Å². The Bertz CT molecular complexity index is 211. The van der Waals surface area contributed by atoms with Gasteiger partial charge in [-0.1, -0.05) is 0 Å². The fourth-order valence-corrected chi connectivity index (χ4v) is 5.75. The monoisotopic (exact) mass is 266 g/mol. The molecular weight excluding hydrogens is 238 g/mol. The summed E-state index contributed by atoms with van der Waals surface area (Å²) in [5, 5.41) is 0. The summed E-state index contributed by atoms with van der Waals surface area (Å²) in [6, 6.07) is 0. The number of rotatable bonds is 9. The van der Waals surface area contributed by atoms with E-state index < -0.39 is 0 Å². The van der Waals surface area contributed by atoms with Gasteiger partial charge in [0.25, 0.3) is 0 Å². The average Bonchev–Trinajstić information content (AvgIpc) is 2.24. The molecule has 0 saturated heterocycles. The van der Waals surface area contributed by atoms with Crippen LogP contribution in [0.2, 0.25) is 0 Å². The smallest absolute Gasteiger partial charge is 0.000332 e. The lowest BCUT2D eigenvalue weighted by molar-refractivity contribution is 3.31. The Labute approximate surface area is 156 Å². The zero-order valence-electron chi connectivity index (χ0n) is 17.8. The van der Waals surface area contributed by atoms with E-state index in [4.69, 9.17) is 0 Å². The molecule has 0 aliphatic heterocycles. The molecule has 0 atom stereocenters. The van der Waals surface area contributed by atoms with Gasteiger partial charge in [-0.15, -0.1) is 0 Å². The molecule has 0 aliphatic carbocycles. The van der Waals surface area contributed by atoms with Crippen LogP contribution < -0.4 is 0 Å². The lowest BCUT2D eigenvalue weighted by Crippen LogP contribution is -2.83. The molecule has 0 fully saturated rings. The van der Waals surface area contributed by atoms with E-state index in [0.717, 1.165) is 63.9 Å². The molecule has 0 aromatic heterocycles. The summed E-state index contributed by atoms with van der Waals surface area (Å²) in [5.41, 5.74) is 0. The molecule has 0 N–H and O–H groups in total. The fraction of sp³-hybridized carbons (Fsp3) is 0. The Morgan fingerprint density at radius 1 is 0.227 bits per heavy atom. The Balaban J connectivity index is 6.03. The van der Waals surface area contributed by atoms with E-state index in [1.165, 1.54) is 0 Å². The van der Waals surface area contributed by atoms with E-state index in [1.54, 1.807) is 0 Å². The second-order valence-electron chi connectivity index (χ2n) is 9.77. The zero-order valence-corrected chi connectivity index (χ0v) is 17.8. The van der Waals surface area contributed by atoms with Crippen molar-refractivity contribution in [1.29, 1.82) is 0 Å². The fourth-order valence-electron chi connectivity index (χ4n) is 5.75. The van der Waals surface area contributed by atoms with Gasteiger partial charge in [-0.2, -0.15) is 0 Å². The molecule has 0 unspecified atom stereocenters. The largest absolute Gasteiger partial charge is 0.0552 e. The van der Waals surface area contributed by atoms with Crippen LogP contribution in [0.4, 0.5) is 0 Å². The first-order valence-electron chi connectivity index (χ1n) is 9.93. The van der Waals surface area contributed by atoms with Crippen molar-refractivity contribution in [2.45, 2.75) is 0 Å². The van der Waals surface area contributed by atoms with Crippen LogP contribution >= 0.6 is 0 Å². The minimum absolute atomic E-state index is 0.769. The van der Waals surface area contributed by atoms with Crippen molar-refractivity contribution in [3.63, 3.8) is 0 Å². The maximum Gasteiger partial charge on any atom is 0.0552 e. The molecule has 0 saturated carbocycles. The van der Waals surface area contributed by atoms with Crippen LogP contribution in [0.15, 0.2) is 0 Å². The third-order valence-corrected chi connectivity index (χ3v) is 5.95. The van der Waals surface area contributed by atoms with Crippen molar-refractivity contribution < 1.29 is 0 Å². The summed E-state index contributed by atoms with van der Waals surface area (Å²) in [6.45, 7) is 0. The van der Waals surface area contributed by atoms with Crippen molar-refractivity contribution in [2.24, 2.45) is 0 Å². The highest BCUT2D eigenvalue weighted by molar-refractivity contribution is 8.22. The molecule has 0 aliphatic rings. The summed E-state index contributed by atoms with van der Waals surface area (Å²) >= 11 is 0. The summed E-state index contributed by atoms with van der Waals surface area (Å²) in [6.07, 6.45) is 7.92. The first-order valence-corrected chi connectivity index (χ1v) is 9.93. The molecule has 0 rings (SSSR count). The van der Waals surface area contributed by atoms with E-state index in [9.17, 15) is 0 Å². The number of hydrogen-bond acceptors (Lipinski definition) is 0. The normalized spacial score (nSPS) is 9.27. The minimum Gasteiger partial charge on any atom is 0.000332 e. The van der Waals surface area contributed by atoms with Gasteiger partial charge in [-0.3, -0.25) is 0 Å². The Morgan fingerprint density at radius 3 is 0.455 bits per heavy atom. The molecule has 90 valence electrons. The predicted molar refractivity (Wildman–Crippen MR) is 160 cm³/mol. The standard InChI is InChI=1S/B22H24/c1-13(2)19(14(3)4)22(20(15(5)6)16(7)8)21(17(9)10)18(11)12/h1-12H2. The minimum atomic E-state index is 0.769. The van der Waals surface area contributed by atoms with Crippen LogP contribution in [0.5, 0.6) is 0 Å². The molecule has 0 spiro atoms. The van der Waals surface area contributed by atoms with Gasteiger partial charge in [-0.05, 0) is 0 Å². The van der Waals surface area contributed by atoms with Crippen molar-refractivity contribution in [3.05, 3.63) is 0 Å². The van der Waals surface area contributed by atoms with Gasteiger partial charge >= 0.3 is 0 Å². The second kappa shape index (κ2) is 10.4. The van der Waals surface area contributed by atoms with Gasteiger partial charge in [0.2, 0.25) is 0 Å². The first-order chi connectivity index (χ1) is 9.93. The molecule has 22 heteroatoms. The Morgan fingerprint density at radius 2 is 0.364 bits per heavy atom. The predicted octanol–water partition coefficient (Wildman–Crippen LogP) is -14.8. The van der Waals surface area contributed by atoms with Gasteiger partial charge in [0, 0.05) is 63.9 Å². The van der Waals surface area contributed by atoms with Gasteiger partial charge in [0.05, 0.1) is 92.8 Å². The summed E-state index contributed by atoms with van der Waals surface area (Å²) in [7, 11) is 29.4. The first kappa shape index (κ1) is 23.4. The molecule has 0 radical (unpaired) electrons. The second-order valence-corrected chi connectivity index (χ2v) is 9.77. The highest BCUT2D eigenvalue weighted by atomic mass is 13.3. The molecule has 0 bridgehead atoms. The third kappa shape index (κ3) is 6.38. The molecule has 22 heavy (non-hydrogen) atoms. The molecule has 0 aromatic carbocycles. The molecule has 0 amide bonds. The summed E-state index contributed by atoms with van der Waals surface area (Å²) in [4.78, 5) is 0. The molecule has 0 aromatic rings. The van der Waals surface area contributed by atoms with Gasteiger partial charge < -0.3 is 0 Å². The van der Waals surface area contributed by atoms with Gasteiger partial charge in [0.15, 0.2) is 0 Å². The highest BCUT2D eigenvalue weighted by Crippen LogP contribution is 2.08. The van der Waals surface area contributed by atoms with Crippen LogP contribution in [0, 0.1) is 0 Å². The van der Waals surface area contributed by atoms with E-state index >= 15 is 0 Å². The zero-order chi connectivity index (χ0) is 17.8. The Hall–Kier alpha value is 1.43. The van der Waals surface area contributed by atoms with Crippen molar-refractivity contribution >= 4 is 157 Å². The topological polar surface area (TPSA) is 0 Å². The SMILES string of the molecule is BB(B)B(B(B)B)B(B(B(B)B)B(B)B)B(B(B)B)B(B)B. The summed E-state index contributed by atoms with van der Waals surface area (Å²) in [5.74, 6) is 0. The van der Waals surface area contributed by atoms with Crippen LogP contribution in [-0.4, -0.2) is 157 Å². The van der Waals surface area contributed by atoms with Crippen molar-refractivity contribution in [2.75, 3.05) is 0 Å². The highest BCUT2D eigenvalue weighted by Gasteiger charge is 2.48. The van der Waals surface area contributed by atoms with Gasteiger partial charge in [0.1, 0.15) is 0 Å². The maximum atomic E-state index is 2.45. The number of hydrogen-bond donors (Lipinski definition) is 0. The van der Waals surface area contributed by atoms with E-state index in [0.29, 0.717) is 0 Å².